The maximum absolute atomic E-state index is 14.3. The van der Waals surface area contributed by atoms with E-state index in [1.165, 1.54) is 30.2 Å². The highest BCUT2D eigenvalue weighted by Gasteiger charge is 2.42. The normalized spacial score (nSPS) is 18.3. The maximum atomic E-state index is 14.3. The predicted molar refractivity (Wildman–Crippen MR) is 200 cm³/mol. The third kappa shape index (κ3) is 11.1. The van der Waals surface area contributed by atoms with Gasteiger partial charge in [-0.1, -0.05) is 12.1 Å². The number of amides is 1. The molecule has 1 saturated carbocycles. The molecule has 2 heterocycles. The van der Waals surface area contributed by atoms with Crippen molar-refractivity contribution in [1.29, 1.82) is 0 Å². The van der Waals surface area contributed by atoms with Crippen molar-refractivity contribution in [2.75, 3.05) is 24.8 Å². The smallest absolute Gasteiger partial charge is 0.476 e. The van der Waals surface area contributed by atoms with Crippen LogP contribution in [0.5, 0.6) is 5.75 Å². The fraction of sp³-hybridized carbons (Fsp3) is 0.528. The van der Waals surface area contributed by atoms with E-state index < -0.39 is 56.4 Å². The second kappa shape index (κ2) is 15.8. The SMILES string of the molecule is COc1cc(CP(=O)(O)O)ccc1Nc1ncc(C(F)(F)F)c(Nc2ccc([C@H]3CC[C@H](OP(=O)(OC(C)(C)C)OC(C)(C)C)CC3)c3c2C(=O)N(C)C3)n1. The molecule has 3 aromatic rings. The summed E-state index contributed by atoms with van der Waals surface area (Å²) in [6, 6.07) is 7.65. The lowest BCUT2D eigenvalue weighted by atomic mass is 9.80. The number of ether oxygens (including phenoxy) is 1. The van der Waals surface area contributed by atoms with Gasteiger partial charge in [0.05, 0.1) is 47.5 Å². The average molecular weight is 814 g/mol. The molecule has 19 heteroatoms. The number of hydrogen-bond acceptors (Lipinski definition) is 11. The Morgan fingerprint density at radius 3 is 2.11 bits per heavy atom. The average Bonchev–Trinajstić information content (AvgIpc) is 3.33. The van der Waals surface area contributed by atoms with Gasteiger partial charge in [0, 0.05) is 19.8 Å². The van der Waals surface area contributed by atoms with Crippen molar-refractivity contribution in [3.8, 4) is 5.75 Å². The minimum Gasteiger partial charge on any atom is -0.495 e. The van der Waals surface area contributed by atoms with E-state index in [4.69, 9.17) is 18.3 Å². The molecule has 2 aromatic carbocycles. The van der Waals surface area contributed by atoms with Gasteiger partial charge in [-0.2, -0.15) is 18.2 Å². The Kier molecular flexibility index (Phi) is 12.2. The monoisotopic (exact) mass is 813 g/mol. The zero-order valence-electron chi connectivity index (χ0n) is 32.0. The van der Waals surface area contributed by atoms with Gasteiger partial charge in [-0.15, -0.1) is 0 Å². The first-order chi connectivity index (χ1) is 25.3. The topological polar surface area (TPSA) is 182 Å². The van der Waals surface area contributed by atoms with Crippen molar-refractivity contribution in [3.63, 3.8) is 0 Å². The number of phosphoric acid groups is 1. The van der Waals surface area contributed by atoms with Crippen LogP contribution in [0.15, 0.2) is 36.5 Å². The van der Waals surface area contributed by atoms with Gasteiger partial charge in [0.25, 0.3) is 5.91 Å². The molecule has 302 valence electrons. The van der Waals surface area contributed by atoms with Gasteiger partial charge in [0.2, 0.25) is 5.95 Å². The number of halogens is 3. The van der Waals surface area contributed by atoms with Gasteiger partial charge in [-0.25, -0.2) is 9.55 Å². The quantitative estimate of drug-likeness (QED) is 0.127. The van der Waals surface area contributed by atoms with E-state index >= 15 is 0 Å². The Hall–Kier alpha value is -3.56. The molecule has 1 aromatic heterocycles. The number of phosphoric ester groups is 1. The Morgan fingerprint density at radius 2 is 1.55 bits per heavy atom. The van der Waals surface area contributed by atoms with Crippen LogP contribution in [0.4, 0.5) is 36.3 Å². The molecule has 0 atom stereocenters. The molecule has 5 rings (SSSR count). The molecule has 1 fully saturated rings. The summed E-state index contributed by atoms with van der Waals surface area (Å²) in [5.74, 6) is -1.06. The molecule has 1 aliphatic heterocycles. The van der Waals surface area contributed by atoms with E-state index in [1.54, 1.807) is 54.7 Å². The summed E-state index contributed by atoms with van der Waals surface area (Å²) in [5, 5.41) is 5.58. The number of nitrogens with one attached hydrogen (secondary N) is 2. The second-order valence-electron chi connectivity index (χ2n) is 15.7. The summed E-state index contributed by atoms with van der Waals surface area (Å²) in [6.07, 6.45) is -2.83. The third-order valence-corrected chi connectivity index (χ3v) is 11.6. The van der Waals surface area contributed by atoms with Crippen LogP contribution >= 0.6 is 15.4 Å². The lowest BCUT2D eigenvalue weighted by Gasteiger charge is -2.35. The van der Waals surface area contributed by atoms with Crippen LogP contribution in [0.25, 0.3) is 0 Å². The van der Waals surface area contributed by atoms with Crippen LogP contribution in [0.1, 0.15) is 106 Å². The number of hydrogen-bond donors (Lipinski definition) is 4. The minimum atomic E-state index is -4.85. The molecule has 2 aliphatic rings. The highest BCUT2D eigenvalue weighted by atomic mass is 31.2. The fourth-order valence-corrected chi connectivity index (χ4v) is 9.34. The summed E-state index contributed by atoms with van der Waals surface area (Å²) in [4.78, 5) is 41.7. The van der Waals surface area contributed by atoms with Crippen LogP contribution in [0.3, 0.4) is 0 Å². The van der Waals surface area contributed by atoms with E-state index in [0.29, 0.717) is 37.4 Å². The Balaban J connectivity index is 1.40. The highest BCUT2D eigenvalue weighted by molar-refractivity contribution is 7.50. The molecule has 1 aliphatic carbocycles. The zero-order chi connectivity index (χ0) is 40.7. The highest BCUT2D eigenvalue weighted by Crippen LogP contribution is 2.58. The summed E-state index contributed by atoms with van der Waals surface area (Å²) in [6.45, 7) is 10.9. The largest absolute Gasteiger partial charge is 0.495 e. The van der Waals surface area contributed by atoms with Crippen LogP contribution in [0.2, 0.25) is 0 Å². The maximum Gasteiger partial charge on any atom is 0.476 e. The molecular weight excluding hydrogens is 765 g/mol. The van der Waals surface area contributed by atoms with Crippen LogP contribution in [-0.2, 0) is 41.6 Å². The number of benzene rings is 2. The summed E-state index contributed by atoms with van der Waals surface area (Å²) in [5.41, 5.74) is -0.251. The molecule has 0 unspecified atom stereocenters. The van der Waals surface area contributed by atoms with Gasteiger partial charge in [0.1, 0.15) is 17.1 Å². The Morgan fingerprint density at radius 1 is 0.927 bits per heavy atom. The van der Waals surface area contributed by atoms with Crippen molar-refractivity contribution >= 4 is 44.5 Å². The van der Waals surface area contributed by atoms with Crippen molar-refractivity contribution in [2.24, 2.45) is 0 Å². The first-order valence-corrected chi connectivity index (χ1v) is 20.9. The van der Waals surface area contributed by atoms with Gasteiger partial charge in [0.15, 0.2) is 0 Å². The summed E-state index contributed by atoms with van der Waals surface area (Å²) in [7, 11) is -5.36. The van der Waals surface area contributed by atoms with E-state index in [0.717, 1.165) is 5.56 Å². The number of alkyl halides is 3. The van der Waals surface area contributed by atoms with Gasteiger partial charge in [-0.3, -0.25) is 22.9 Å². The van der Waals surface area contributed by atoms with Crippen molar-refractivity contribution in [2.45, 2.75) is 109 Å². The third-order valence-electron chi connectivity index (χ3n) is 8.72. The van der Waals surface area contributed by atoms with E-state index in [1.807, 2.05) is 6.07 Å². The van der Waals surface area contributed by atoms with Gasteiger partial charge in [-0.05, 0) is 108 Å². The minimum absolute atomic E-state index is 0.00273. The fourth-order valence-electron chi connectivity index (χ4n) is 6.63. The van der Waals surface area contributed by atoms with E-state index in [9.17, 15) is 36.9 Å². The molecule has 0 spiro atoms. The zero-order valence-corrected chi connectivity index (χ0v) is 33.8. The molecule has 1 amide bonds. The summed E-state index contributed by atoms with van der Waals surface area (Å²) < 4.78 is 91.0. The molecule has 14 nitrogen and oxygen atoms in total. The van der Waals surface area contributed by atoms with Crippen molar-refractivity contribution in [3.05, 3.63) is 64.3 Å². The first kappa shape index (κ1) is 42.6. The van der Waals surface area contributed by atoms with Crippen LogP contribution in [0, 0.1) is 0 Å². The molecule has 55 heavy (non-hydrogen) atoms. The summed E-state index contributed by atoms with van der Waals surface area (Å²) >= 11 is 0. The van der Waals surface area contributed by atoms with Crippen LogP contribution in [-0.4, -0.2) is 62.0 Å². The molecule has 4 N–H and O–H groups in total. The number of nitrogens with zero attached hydrogens (tertiary/aromatic N) is 3. The number of aromatic nitrogens is 2. The van der Waals surface area contributed by atoms with E-state index in [-0.39, 0.29) is 52.6 Å². The molecular formula is C36H48F3N5O9P2. The Labute approximate surface area is 318 Å². The first-order valence-electron chi connectivity index (χ1n) is 17.6. The molecule has 0 saturated heterocycles. The number of anilines is 4. The van der Waals surface area contributed by atoms with Crippen molar-refractivity contribution in [1.82, 2.24) is 14.9 Å². The lowest BCUT2D eigenvalue weighted by Crippen LogP contribution is -2.28. The van der Waals surface area contributed by atoms with Gasteiger partial charge >= 0.3 is 21.6 Å². The Bertz CT molecular complexity index is 1990. The van der Waals surface area contributed by atoms with Crippen molar-refractivity contribution < 1.29 is 55.2 Å². The standard InChI is InChI=1S/C36H48F3N5O9P2/c1-34(2,3)52-55(49,53-35(4,5)6)51-23-12-10-22(11-13-23)24-14-16-28(30-25(24)19-44(7)32(30)45)41-31-26(36(37,38)39)18-40-33(43-31)42-27-15-9-21(17-29(27)50-8)20-54(46,47)48/h9,14-18,22-23H,10-13,19-20H2,1-8H3,(H2,46,47,48)(H2,40,41,42,43)/t22-,23-. The predicted octanol–water partition coefficient (Wildman–Crippen LogP) is 9.04. The lowest BCUT2D eigenvalue weighted by molar-refractivity contribution is -0.137. The number of rotatable bonds is 12. The number of carbonyl (C=O) groups is 1. The number of methoxy groups -OCH3 is 1. The molecule has 0 bridgehead atoms. The molecule has 0 radical (unpaired) electrons. The second-order valence-corrected chi connectivity index (χ2v) is 18.8. The van der Waals surface area contributed by atoms with Gasteiger partial charge < -0.3 is 30.1 Å². The number of carbonyl (C=O) groups excluding carboxylic acids is 1. The van der Waals surface area contributed by atoms with E-state index in [2.05, 4.69) is 20.6 Å². The van der Waals surface area contributed by atoms with Crippen LogP contribution < -0.4 is 15.4 Å². The number of fused-ring (bicyclic) bond motifs is 1.